The lowest BCUT2D eigenvalue weighted by molar-refractivity contribution is 1.30. The van der Waals surface area contributed by atoms with Gasteiger partial charge in [0.1, 0.15) is 0 Å². The van der Waals surface area contributed by atoms with Gasteiger partial charge in [-0.15, -0.1) is 22.7 Å². The second-order valence-electron chi connectivity index (χ2n) is 14.0. The Morgan fingerprint density at radius 2 is 0.782 bits per heavy atom. The topological polar surface area (TPSA) is 3.24 Å². The van der Waals surface area contributed by atoms with Gasteiger partial charge < -0.3 is 4.90 Å². The molecule has 0 aliphatic carbocycles. The summed E-state index contributed by atoms with van der Waals surface area (Å²) in [5.41, 5.74) is 10.8. The van der Waals surface area contributed by atoms with Crippen LogP contribution in [0.5, 0.6) is 0 Å². The number of anilines is 3. The summed E-state index contributed by atoms with van der Waals surface area (Å²) in [6.07, 6.45) is 0. The van der Waals surface area contributed by atoms with Crippen LogP contribution in [0.2, 0.25) is 0 Å². The van der Waals surface area contributed by atoms with Crippen molar-refractivity contribution < 1.29 is 0 Å². The number of thiophene rings is 2. The van der Waals surface area contributed by atoms with E-state index in [0.29, 0.717) is 0 Å². The molecule has 0 aliphatic rings. The van der Waals surface area contributed by atoms with Crippen LogP contribution < -0.4 is 4.90 Å². The first-order valence-electron chi connectivity index (χ1n) is 18.7. The Balaban J connectivity index is 1.13. The first-order chi connectivity index (χ1) is 27.3. The molecule has 0 amide bonds. The van der Waals surface area contributed by atoms with E-state index in [9.17, 15) is 0 Å². The molecule has 0 N–H and O–H groups in total. The van der Waals surface area contributed by atoms with Crippen molar-refractivity contribution in [2.75, 3.05) is 4.90 Å². The van der Waals surface area contributed by atoms with Crippen LogP contribution in [0, 0.1) is 0 Å². The monoisotopic (exact) mass is 735 g/mol. The van der Waals surface area contributed by atoms with Crippen LogP contribution in [0.4, 0.5) is 17.1 Å². The molecule has 9 aromatic carbocycles. The third-order valence-corrected chi connectivity index (χ3v) is 13.2. The van der Waals surface area contributed by atoms with Crippen molar-refractivity contribution in [3.63, 3.8) is 0 Å². The van der Waals surface area contributed by atoms with Crippen molar-refractivity contribution in [2.45, 2.75) is 0 Å². The van der Waals surface area contributed by atoms with Crippen LogP contribution in [0.3, 0.4) is 0 Å². The molecule has 2 aromatic heterocycles. The quantitative estimate of drug-likeness (QED) is 0.164. The molecule has 55 heavy (non-hydrogen) atoms. The minimum atomic E-state index is 1.11. The Morgan fingerprint density at radius 1 is 0.291 bits per heavy atom. The summed E-state index contributed by atoms with van der Waals surface area (Å²) in [6.45, 7) is 0. The van der Waals surface area contributed by atoms with Gasteiger partial charge in [-0.25, -0.2) is 0 Å². The molecule has 0 spiro atoms. The summed E-state index contributed by atoms with van der Waals surface area (Å²) in [4.78, 5) is 2.49. The summed E-state index contributed by atoms with van der Waals surface area (Å²) in [5.74, 6) is 0. The summed E-state index contributed by atoms with van der Waals surface area (Å²) in [7, 11) is 0. The maximum Gasteiger partial charge on any atom is 0.0555 e. The van der Waals surface area contributed by atoms with Gasteiger partial charge in [0.15, 0.2) is 0 Å². The lowest BCUT2D eigenvalue weighted by Crippen LogP contribution is -2.11. The van der Waals surface area contributed by atoms with Crippen LogP contribution in [0.25, 0.3) is 84.5 Å². The van der Waals surface area contributed by atoms with E-state index in [1.165, 1.54) is 90.2 Å². The van der Waals surface area contributed by atoms with Crippen LogP contribution in [0.1, 0.15) is 0 Å². The Bertz CT molecular complexity index is 3220. The van der Waals surface area contributed by atoms with Crippen molar-refractivity contribution in [1.82, 2.24) is 0 Å². The maximum atomic E-state index is 2.49. The summed E-state index contributed by atoms with van der Waals surface area (Å²) in [6, 6.07) is 73.4. The molecule has 2 heterocycles. The molecule has 3 heteroatoms. The molecule has 0 aliphatic heterocycles. The normalized spacial score (nSPS) is 11.6. The minimum absolute atomic E-state index is 1.11. The van der Waals surface area contributed by atoms with Crippen molar-refractivity contribution in [2.24, 2.45) is 0 Å². The number of benzene rings is 9. The molecule has 0 fully saturated rings. The molecule has 11 rings (SSSR count). The Morgan fingerprint density at radius 3 is 1.56 bits per heavy atom. The van der Waals surface area contributed by atoms with Crippen LogP contribution in [-0.2, 0) is 0 Å². The third kappa shape index (κ3) is 5.27. The van der Waals surface area contributed by atoms with E-state index in [1.807, 2.05) is 22.7 Å². The number of fused-ring (bicyclic) bond motifs is 7. The fourth-order valence-corrected chi connectivity index (χ4v) is 10.7. The molecule has 0 bridgehead atoms. The predicted octanol–water partition coefficient (Wildman–Crippen LogP) is 16.0. The molecular weight excluding hydrogens is 703 g/mol. The Kier molecular flexibility index (Phi) is 7.61. The zero-order valence-corrected chi connectivity index (χ0v) is 31.4. The molecule has 258 valence electrons. The van der Waals surface area contributed by atoms with Crippen molar-refractivity contribution in [1.29, 1.82) is 0 Å². The van der Waals surface area contributed by atoms with Gasteiger partial charge in [0.25, 0.3) is 0 Å². The zero-order valence-electron chi connectivity index (χ0n) is 29.8. The van der Waals surface area contributed by atoms with Crippen LogP contribution in [-0.4, -0.2) is 0 Å². The van der Waals surface area contributed by atoms with E-state index in [0.717, 1.165) is 11.4 Å². The fourth-order valence-electron chi connectivity index (χ4n) is 8.47. The average molecular weight is 736 g/mol. The minimum Gasteiger partial charge on any atom is -0.309 e. The number of para-hydroxylation sites is 1. The summed E-state index contributed by atoms with van der Waals surface area (Å²) < 4.78 is 5.20. The highest BCUT2D eigenvalue weighted by Crippen LogP contribution is 2.49. The van der Waals surface area contributed by atoms with E-state index in [1.54, 1.807) is 0 Å². The standard InChI is InChI=1S/C52H33NS2/c1-2-16-37-34(14-1)15-11-22-40(37)39-18-4-3-17-38(39)35-30-32-36(33-31-35)53(46-25-13-29-50-52(46)44-21-7-10-27-48(44)55-50)45-24-8-5-19-41(45)42-23-12-28-49-51(42)43-20-6-9-26-47(43)54-49/h1-33H. The van der Waals surface area contributed by atoms with Gasteiger partial charge in [0, 0.05) is 51.6 Å². The van der Waals surface area contributed by atoms with E-state index in [2.05, 4.69) is 205 Å². The van der Waals surface area contributed by atoms with Crippen LogP contribution in [0.15, 0.2) is 200 Å². The summed E-state index contributed by atoms with van der Waals surface area (Å²) in [5, 5.41) is 7.70. The summed E-state index contributed by atoms with van der Waals surface area (Å²) >= 11 is 3.73. The third-order valence-electron chi connectivity index (χ3n) is 10.9. The van der Waals surface area contributed by atoms with Gasteiger partial charge in [-0.2, -0.15) is 0 Å². The molecule has 0 atom stereocenters. The Hall–Kier alpha value is -6.52. The lowest BCUT2D eigenvalue weighted by atomic mass is 9.91. The molecule has 11 aromatic rings. The van der Waals surface area contributed by atoms with Gasteiger partial charge in [0.05, 0.1) is 11.4 Å². The highest BCUT2D eigenvalue weighted by Gasteiger charge is 2.23. The highest BCUT2D eigenvalue weighted by molar-refractivity contribution is 7.26. The number of hydrogen-bond acceptors (Lipinski definition) is 3. The van der Waals surface area contributed by atoms with E-state index < -0.39 is 0 Å². The van der Waals surface area contributed by atoms with Gasteiger partial charge in [-0.3, -0.25) is 0 Å². The van der Waals surface area contributed by atoms with Gasteiger partial charge >= 0.3 is 0 Å². The second kappa shape index (κ2) is 13.1. The van der Waals surface area contributed by atoms with Crippen LogP contribution >= 0.6 is 22.7 Å². The molecule has 0 saturated heterocycles. The Labute approximate surface area is 327 Å². The van der Waals surface area contributed by atoms with Crippen molar-refractivity contribution >= 4 is 90.9 Å². The molecule has 1 nitrogen and oxygen atoms in total. The first-order valence-corrected chi connectivity index (χ1v) is 20.3. The number of nitrogens with zero attached hydrogens (tertiary/aromatic N) is 1. The smallest absolute Gasteiger partial charge is 0.0555 e. The number of rotatable bonds is 6. The van der Waals surface area contributed by atoms with Gasteiger partial charge in [-0.05, 0) is 87.1 Å². The molecule has 0 unspecified atom stereocenters. The van der Waals surface area contributed by atoms with Gasteiger partial charge in [0.2, 0.25) is 0 Å². The van der Waals surface area contributed by atoms with E-state index >= 15 is 0 Å². The molecule has 0 saturated carbocycles. The van der Waals surface area contributed by atoms with Crippen molar-refractivity contribution in [3.8, 4) is 33.4 Å². The second-order valence-corrected chi connectivity index (χ2v) is 16.2. The SMILES string of the molecule is c1ccc(-c2cccc3ccccc23)c(-c2ccc(N(c3ccccc3-c3cccc4sc5ccccc5c34)c3cccc4sc5ccccc5c34)cc2)c1. The first kappa shape index (κ1) is 32.0. The zero-order chi connectivity index (χ0) is 36.3. The van der Waals surface area contributed by atoms with E-state index in [-0.39, 0.29) is 0 Å². The van der Waals surface area contributed by atoms with E-state index in [4.69, 9.17) is 0 Å². The molecular formula is C52H33NS2. The van der Waals surface area contributed by atoms with Gasteiger partial charge in [-0.1, -0.05) is 152 Å². The number of hydrogen-bond donors (Lipinski definition) is 0. The fraction of sp³-hybridized carbons (Fsp3) is 0. The maximum absolute atomic E-state index is 2.49. The highest BCUT2D eigenvalue weighted by atomic mass is 32.1. The largest absolute Gasteiger partial charge is 0.309 e. The lowest BCUT2D eigenvalue weighted by Gasteiger charge is -2.29. The molecule has 0 radical (unpaired) electrons. The average Bonchev–Trinajstić information content (AvgIpc) is 3.83. The predicted molar refractivity (Wildman–Crippen MR) is 241 cm³/mol. The van der Waals surface area contributed by atoms with Crippen molar-refractivity contribution in [3.05, 3.63) is 200 Å².